The van der Waals surface area contributed by atoms with Gasteiger partial charge in [0.15, 0.2) is 0 Å². The summed E-state index contributed by atoms with van der Waals surface area (Å²) in [6.07, 6.45) is 5.89. The first kappa shape index (κ1) is 18.5. The standard InChI is InChI=1S/C19H28N2O3/c1-3-7-18(22)20-16-9-4-8-15(14-16)19(23)21(2)12-5-10-17-11-6-13-24-17/h4,8-9,14,17H,3,5-7,10-13H2,1-2H3,(H,20,22)/t17-/m1/s1. The Balaban J connectivity index is 1.84. The SMILES string of the molecule is CCCC(=O)Nc1cccc(C(=O)N(C)CCC[C@@H]2CCCO2)c1. The first-order valence-corrected chi connectivity index (χ1v) is 8.87. The van der Waals surface area contributed by atoms with Gasteiger partial charge in [0.2, 0.25) is 5.91 Å². The second-order valence-electron chi connectivity index (χ2n) is 6.38. The lowest BCUT2D eigenvalue weighted by atomic mass is 10.1. The molecular weight excluding hydrogens is 304 g/mol. The Morgan fingerprint density at radius 2 is 2.21 bits per heavy atom. The number of anilines is 1. The number of carbonyl (C=O) groups excluding carboxylic acids is 2. The number of hydrogen-bond donors (Lipinski definition) is 1. The Morgan fingerprint density at radius 3 is 2.92 bits per heavy atom. The molecule has 5 nitrogen and oxygen atoms in total. The summed E-state index contributed by atoms with van der Waals surface area (Å²) >= 11 is 0. The van der Waals surface area contributed by atoms with Crippen LogP contribution in [0.3, 0.4) is 0 Å². The van der Waals surface area contributed by atoms with Gasteiger partial charge in [-0.25, -0.2) is 0 Å². The molecule has 132 valence electrons. The zero-order valence-corrected chi connectivity index (χ0v) is 14.7. The second kappa shape index (κ2) is 9.42. The lowest BCUT2D eigenvalue weighted by Gasteiger charge is -2.18. The molecular formula is C19H28N2O3. The molecule has 24 heavy (non-hydrogen) atoms. The second-order valence-corrected chi connectivity index (χ2v) is 6.38. The van der Waals surface area contributed by atoms with Gasteiger partial charge in [0.1, 0.15) is 0 Å². The van der Waals surface area contributed by atoms with Crippen LogP contribution in [-0.2, 0) is 9.53 Å². The number of hydrogen-bond acceptors (Lipinski definition) is 3. The van der Waals surface area contributed by atoms with Crippen LogP contribution in [0, 0.1) is 0 Å². The number of ether oxygens (including phenoxy) is 1. The molecule has 0 unspecified atom stereocenters. The lowest BCUT2D eigenvalue weighted by molar-refractivity contribution is -0.116. The van der Waals surface area contributed by atoms with Crippen molar-refractivity contribution in [3.05, 3.63) is 29.8 Å². The van der Waals surface area contributed by atoms with Gasteiger partial charge in [0.05, 0.1) is 6.10 Å². The maximum absolute atomic E-state index is 12.5. The molecule has 1 heterocycles. The Hall–Kier alpha value is -1.88. The van der Waals surface area contributed by atoms with Crippen molar-refractivity contribution in [2.45, 2.75) is 51.6 Å². The van der Waals surface area contributed by atoms with Gasteiger partial charge in [0.25, 0.3) is 5.91 Å². The van der Waals surface area contributed by atoms with Gasteiger partial charge in [-0.15, -0.1) is 0 Å². The Kier molecular flexibility index (Phi) is 7.25. The molecule has 1 aromatic carbocycles. The molecule has 1 N–H and O–H groups in total. The minimum atomic E-state index is -0.0213. The van der Waals surface area contributed by atoms with E-state index in [1.807, 2.05) is 20.0 Å². The van der Waals surface area contributed by atoms with E-state index in [0.29, 0.717) is 30.3 Å². The predicted molar refractivity (Wildman–Crippen MR) is 95.1 cm³/mol. The number of nitrogens with zero attached hydrogens (tertiary/aromatic N) is 1. The highest BCUT2D eigenvalue weighted by Crippen LogP contribution is 2.17. The molecule has 5 heteroatoms. The Labute approximate surface area is 144 Å². The predicted octanol–water partition coefficient (Wildman–Crippen LogP) is 3.46. The molecule has 1 aliphatic heterocycles. The van der Waals surface area contributed by atoms with Gasteiger partial charge in [-0.3, -0.25) is 9.59 Å². The van der Waals surface area contributed by atoms with Gasteiger partial charge in [0, 0.05) is 37.9 Å². The van der Waals surface area contributed by atoms with E-state index >= 15 is 0 Å². The number of amides is 2. The van der Waals surface area contributed by atoms with Crippen molar-refractivity contribution in [2.75, 3.05) is 25.5 Å². The summed E-state index contributed by atoms with van der Waals surface area (Å²) in [5.41, 5.74) is 1.27. The van der Waals surface area contributed by atoms with Crippen LogP contribution in [0.2, 0.25) is 0 Å². The van der Waals surface area contributed by atoms with Crippen molar-refractivity contribution in [1.29, 1.82) is 0 Å². The number of carbonyl (C=O) groups is 2. The maximum Gasteiger partial charge on any atom is 0.253 e. The van der Waals surface area contributed by atoms with Gasteiger partial charge in [-0.05, 0) is 50.3 Å². The van der Waals surface area contributed by atoms with Gasteiger partial charge in [-0.2, -0.15) is 0 Å². The van der Waals surface area contributed by atoms with E-state index in [2.05, 4.69) is 5.32 Å². The minimum absolute atomic E-state index is 0.0195. The third-order valence-corrected chi connectivity index (χ3v) is 4.26. The normalized spacial score (nSPS) is 16.8. The average Bonchev–Trinajstić information content (AvgIpc) is 3.08. The molecule has 1 aromatic rings. The van der Waals surface area contributed by atoms with E-state index in [0.717, 1.165) is 38.7 Å². The molecule has 2 amide bonds. The van der Waals surface area contributed by atoms with E-state index in [-0.39, 0.29) is 11.8 Å². The summed E-state index contributed by atoms with van der Waals surface area (Å²) in [5, 5.41) is 2.83. The summed E-state index contributed by atoms with van der Waals surface area (Å²) in [6, 6.07) is 7.14. The van der Waals surface area contributed by atoms with Gasteiger partial charge >= 0.3 is 0 Å². The highest BCUT2D eigenvalue weighted by Gasteiger charge is 2.17. The first-order chi connectivity index (χ1) is 11.6. The summed E-state index contributed by atoms with van der Waals surface area (Å²) in [7, 11) is 1.82. The quantitative estimate of drug-likeness (QED) is 0.793. The first-order valence-electron chi connectivity index (χ1n) is 8.87. The van der Waals surface area contributed by atoms with E-state index < -0.39 is 0 Å². The van der Waals surface area contributed by atoms with Gasteiger partial charge in [-0.1, -0.05) is 13.0 Å². The van der Waals surface area contributed by atoms with Crippen LogP contribution in [0.25, 0.3) is 0 Å². The molecule has 1 saturated heterocycles. The topological polar surface area (TPSA) is 58.6 Å². The molecule has 1 fully saturated rings. The van der Waals surface area contributed by atoms with Crippen molar-refractivity contribution in [3.8, 4) is 0 Å². The molecule has 0 bridgehead atoms. The van der Waals surface area contributed by atoms with Crippen molar-refractivity contribution in [3.63, 3.8) is 0 Å². The summed E-state index contributed by atoms with van der Waals surface area (Å²) in [6.45, 7) is 3.55. The molecule has 2 rings (SSSR count). The summed E-state index contributed by atoms with van der Waals surface area (Å²) < 4.78 is 5.61. The lowest BCUT2D eigenvalue weighted by Crippen LogP contribution is -2.28. The highest BCUT2D eigenvalue weighted by atomic mass is 16.5. The molecule has 0 saturated carbocycles. The fraction of sp³-hybridized carbons (Fsp3) is 0.579. The van der Waals surface area contributed by atoms with Gasteiger partial charge < -0.3 is 15.0 Å². The molecule has 0 radical (unpaired) electrons. The van der Waals surface area contributed by atoms with Crippen molar-refractivity contribution >= 4 is 17.5 Å². The largest absolute Gasteiger partial charge is 0.378 e. The molecule has 0 aromatic heterocycles. The fourth-order valence-corrected chi connectivity index (χ4v) is 2.93. The smallest absolute Gasteiger partial charge is 0.253 e. The Bertz CT molecular complexity index is 553. The fourth-order valence-electron chi connectivity index (χ4n) is 2.93. The summed E-state index contributed by atoms with van der Waals surface area (Å²) in [4.78, 5) is 25.9. The summed E-state index contributed by atoms with van der Waals surface area (Å²) in [5.74, 6) is -0.0408. The van der Waals surface area contributed by atoms with E-state index in [9.17, 15) is 9.59 Å². The molecule has 0 spiro atoms. The van der Waals surface area contributed by atoms with Crippen LogP contribution < -0.4 is 5.32 Å². The zero-order valence-electron chi connectivity index (χ0n) is 14.7. The minimum Gasteiger partial charge on any atom is -0.378 e. The Morgan fingerprint density at radius 1 is 1.38 bits per heavy atom. The number of nitrogens with one attached hydrogen (secondary N) is 1. The van der Waals surface area contributed by atoms with Crippen LogP contribution in [0.1, 0.15) is 55.8 Å². The molecule has 0 aliphatic carbocycles. The zero-order chi connectivity index (χ0) is 17.4. The third-order valence-electron chi connectivity index (χ3n) is 4.26. The molecule has 1 aliphatic rings. The monoisotopic (exact) mass is 332 g/mol. The molecule has 1 atom stereocenters. The average molecular weight is 332 g/mol. The number of rotatable bonds is 8. The third kappa shape index (κ3) is 5.64. The van der Waals surface area contributed by atoms with Crippen LogP contribution in [0.5, 0.6) is 0 Å². The van der Waals surface area contributed by atoms with E-state index in [1.165, 1.54) is 0 Å². The van der Waals surface area contributed by atoms with E-state index in [1.54, 1.807) is 23.1 Å². The maximum atomic E-state index is 12.5. The van der Waals surface area contributed by atoms with Crippen molar-refractivity contribution in [1.82, 2.24) is 4.90 Å². The van der Waals surface area contributed by atoms with Crippen LogP contribution in [0.4, 0.5) is 5.69 Å². The van der Waals surface area contributed by atoms with Crippen LogP contribution in [-0.4, -0.2) is 43.0 Å². The van der Waals surface area contributed by atoms with Crippen molar-refractivity contribution < 1.29 is 14.3 Å². The number of benzene rings is 1. The van der Waals surface area contributed by atoms with E-state index in [4.69, 9.17) is 4.74 Å². The van der Waals surface area contributed by atoms with Crippen LogP contribution in [0.15, 0.2) is 24.3 Å². The highest BCUT2D eigenvalue weighted by molar-refractivity contribution is 5.97. The van der Waals surface area contributed by atoms with Crippen molar-refractivity contribution in [2.24, 2.45) is 0 Å². The van der Waals surface area contributed by atoms with Crippen LogP contribution >= 0.6 is 0 Å².